The third-order valence-corrected chi connectivity index (χ3v) is 6.11. The Labute approximate surface area is 199 Å². The highest BCUT2D eigenvalue weighted by atomic mass is 35.5. The van der Waals surface area contributed by atoms with E-state index < -0.39 is 47.8 Å². The average molecular weight is 486 g/mol. The van der Waals surface area contributed by atoms with Gasteiger partial charge in [0.2, 0.25) is 0 Å². The average Bonchev–Trinajstić information content (AvgIpc) is 3.15. The number of halogens is 2. The molecule has 1 amide bonds. The molecule has 176 valence electrons. The van der Waals surface area contributed by atoms with Crippen molar-refractivity contribution in [1.29, 1.82) is 0 Å². The molecule has 1 aliphatic carbocycles. The van der Waals surface area contributed by atoms with E-state index in [0.717, 1.165) is 28.3 Å². The number of alkyl carbamates (subject to hydrolysis) is 1. The van der Waals surface area contributed by atoms with E-state index in [1.807, 2.05) is 48.5 Å². The zero-order chi connectivity index (χ0) is 24.4. The molecule has 0 fully saturated rings. The molecule has 4 N–H and O–H groups in total. The summed E-state index contributed by atoms with van der Waals surface area (Å²) in [5.41, 5.74) is 3.40. The minimum atomic E-state index is -1.76. The van der Waals surface area contributed by atoms with Crippen LogP contribution < -0.4 is 5.32 Å². The molecule has 0 aliphatic heterocycles. The van der Waals surface area contributed by atoms with E-state index in [1.165, 1.54) is 0 Å². The topological polar surface area (TPSA) is 116 Å². The fourth-order valence-corrected chi connectivity index (χ4v) is 4.36. The van der Waals surface area contributed by atoms with Crippen LogP contribution in [0.4, 0.5) is 9.18 Å². The summed E-state index contributed by atoms with van der Waals surface area (Å²) in [5, 5.41) is 31.5. The van der Waals surface area contributed by atoms with Gasteiger partial charge in [0.1, 0.15) is 24.6 Å². The maximum atomic E-state index is 14.2. The van der Waals surface area contributed by atoms with Gasteiger partial charge >= 0.3 is 12.1 Å². The Hall–Kier alpha value is -3.46. The van der Waals surface area contributed by atoms with E-state index in [1.54, 1.807) is 0 Å². The highest BCUT2D eigenvalue weighted by Crippen LogP contribution is 2.44. The molecule has 4 rings (SSSR count). The van der Waals surface area contributed by atoms with Gasteiger partial charge in [0.05, 0.1) is 10.6 Å². The predicted octanol–water partition coefficient (Wildman–Crippen LogP) is 4.11. The van der Waals surface area contributed by atoms with Crippen LogP contribution in [0.25, 0.3) is 11.1 Å². The number of aromatic carboxylic acids is 1. The van der Waals surface area contributed by atoms with Gasteiger partial charge in [0.25, 0.3) is 0 Å². The van der Waals surface area contributed by atoms with Crippen LogP contribution in [-0.4, -0.2) is 46.6 Å². The number of rotatable bonds is 7. The van der Waals surface area contributed by atoms with Crippen molar-refractivity contribution in [3.63, 3.8) is 0 Å². The van der Waals surface area contributed by atoms with Crippen molar-refractivity contribution >= 4 is 23.7 Å². The Kier molecular flexibility index (Phi) is 6.83. The highest BCUT2D eigenvalue weighted by Gasteiger charge is 2.29. The molecule has 0 saturated carbocycles. The van der Waals surface area contributed by atoms with Gasteiger partial charge in [-0.2, -0.15) is 0 Å². The molecule has 3 aromatic carbocycles. The second-order valence-corrected chi connectivity index (χ2v) is 8.28. The number of benzene rings is 3. The summed E-state index contributed by atoms with van der Waals surface area (Å²) >= 11 is 5.82. The number of amides is 1. The van der Waals surface area contributed by atoms with Crippen molar-refractivity contribution in [3.05, 3.63) is 93.8 Å². The Bertz CT molecular complexity index is 1200. The lowest BCUT2D eigenvalue weighted by Gasteiger charge is -2.20. The summed E-state index contributed by atoms with van der Waals surface area (Å²) < 4.78 is 19.6. The zero-order valence-corrected chi connectivity index (χ0v) is 18.5. The van der Waals surface area contributed by atoms with Gasteiger partial charge in [-0.3, -0.25) is 0 Å². The smallest absolute Gasteiger partial charge is 0.407 e. The first-order chi connectivity index (χ1) is 16.3. The number of carboxylic acids is 1. The molecule has 7 nitrogen and oxygen atoms in total. The summed E-state index contributed by atoms with van der Waals surface area (Å²) in [6.45, 7) is -0.366. The van der Waals surface area contributed by atoms with Crippen molar-refractivity contribution < 1.29 is 34.0 Å². The summed E-state index contributed by atoms with van der Waals surface area (Å²) in [5.74, 6) is -2.62. The SMILES string of the molecule is O=C(NCC(O)C(O)c1cc(Cl)c(C(=O)O)cc1F)OCC1c2ccccc2-c2ccccc21. The van der Waals surface area contributed by atoms with Crippen molar-refractivity contribution in [2.45, 2.75) is 18.1 Å². The first-order valence-corrected chi connectivity index (χ1v) is 10.8. The number of fused-ring (bicyclic) bond motifs is 3. The van der Waals surface area contributed by atoms with Crippen LogP contribution in [-0.2, 0) is 4.74 Å². The summed E-state index contributed by atoms with van der Waals surface area (Å²) in [4.78, 5) is 23.3. The number of ether oxygens (including phenoxy) is 1. The molecule has 0 spiro atoms. The Morgan fingerprint density at radius 2 is 1.62 bits per heavy atom. The van der Waals surface area contributed by atoms with Gasteiger partial charge in [-0.05, 0) is 34.4 Å². The maximum Gasteiger partial charge on any atom is 0.407 e. The highest BCUT2D eigenvalue weighted by molar-refractivity contribution is 6.33. The number of nitrogens with one attached hydrogen (secondary N) is 1. The normalized spacial score (nSPS) is 14.1. The van der Waals surface area contributed by atoms with Gasteiger partial charge < -0.3 is 25.4 Å². The van der Waals surface area contributed by atoms with E-state index >= 15 is 0 Å². The van der Waals surface area contributed by atoms with Gasteiger partial charge in [-0.15, -0.1) is 0 Å². The molecule has 0 radical (unpaired) electrons. The quantitative estimate of drug-likeness (QED) is 0.400. The van der Waals surface area contributed by atoms with E-state index in [0.29, 0.717) is 6.07 Å². The summed E-state index contributed by atoms with van der Waals surface area (Å²) in [6.07, 6.45) is -4.16. The maximum absolute atomic E-state index is 14.2. The number of aliphatic hydroxyl groups excluding tert-OH is 2. The second kappa shape index (κ2) is 9.80. The first kappa shape index (κ1) is 23.7. The fraction of sp³-hybridized carbons (Fsp3) is 0.200. The fourth-order valence-electron chi connectivity index (χ4n) is 4.11. The van der Waals surface area contributed by atoms with E-state index in [2.05, 4.69) is 5.32 Å². The first-order valence-electron chi connectivity index (χ1n) is 10.4. The summed E-state index contributed by atoms with van der Waals surface area (Å²) in [7, 11) is 0. The standard InChI is InChI=1S/C25H21ClFNO6/c26-20-9-18(21(27)10-17(20)24(31)32)23(30)22(29)11-28-25(33)34-12-19-15-7-3-1-5-13(15)14-6-2-4-8-16(14)19/h1-10,19,22-23,29-30H,11-12H2,(H,28,33)(H,31,32). The third kappa shape index (κ3) is 4.61. The predicted molar refractivity (Wildman–Crippen MR) is 122 cm³/mol. The van der Waals surface area contributed by atoms with Crippen LogP contribution in [0.1, 0.15) is 39.1 Å². The van der Waals surface area contributed by atoms with Crippen molar-refractivity contribution in [1.82, 2.24) is 5.32 Å². The van der Waals surface area contributed by atoms with E-state index in [9.17, 15) is 24.2 Å². The molecule has 0 aromatic heterocycles. The minimum Gasteiger partial charge on any atom is -0.478 e. The van der Waals surface area contributed by atoms with Gasteiger partial charge in [0.15, 0.2) is 0 Å². The van der Waals surface area contributed by atoms with Crippen LogP contribution in [0.5, 0.6) is 0 Å². The minimum absolute atomic E-state index is 0.0688. The molecule has 0 heterocycles. The largest absolute Gasteiger partial charge is 0.478 e. The van der Waals surface area contributed by atoms with Crippen LogP contribution in [0.3, 0.4) is 0 Å². The van der Waals surface area contributed by atoms with Crippen molar-refractivity contribution in [2.75, 3.05) is 13.2 Å². The molecular formula is C25H21ClFNO6. The Morgan fingerprint density at radius 1 is 1.03 bits per heavy atom. The van der Waals surface area contributed by atoms with Crippen LogP contribution in [0, 0.1) is 5.82 Å². The third-order valence-electron chi connectivity index (χ3n) is 5.80. The van der Waals surface area contributed by atoms with Crippen LogP contribution in [0.15, 0.2) is 60.7 Å². The number of carbonyl (C=O) groups excluding carboxylic acids is 1. The molecule has 1 aliphatic rings. The molecule has 2 unspecified atom stereocenters. The van der Waals surface area contributed by atoms with Crippen LogP contribution >= 0.6 is 11.6 Å². The zero-order valence-electron chi connectivity index (χ0n) is 17.7. The monoisotopic (exact) mass is 485 g/mol. The van der Waals surface area contributed by atoms with Crippen molar-refractivity contribution in [3.8, 4) is 11.1 Å². The Morgan fingerprint density at radius 3 is 2.21 bits per heavy atom. The van der Waals surface area contributed by atoms with Crippen LogP contribution in [0.2, 0.25) is 5.02 Å². The lowest BCUT2D eigenvalue weighted by Crippen LogP contribution is -2.36. The number of hydrogen-bond donors (Lipinski definition) is 4. The molecular weight excluding hydrogens is 465 g/mol. The van der Waals surface area contributed by atoms with Gasteiger partial charge in [-0.1, -0.05) is 60.1 Å². The lowest BCUT2D eigenvalue weighted by molar-refractivity contribution is 0.0165. The Balaban J connectivity index is 1.36. The summed E-state index contributed by atoms with van der Waals surface area (Å²) in [6, 6.07) is 17.3. The van der Waals surface area contributed by atoms with Gasteiger partial charge in [0, 0.05) is 18.0 Å². The molecule has 2 atom stereocenters. The number of aliphatic hydroxyl groups is 2. The molecule has 9 heteroatoms. The number of hydrogen-bond acceptors (Lipinski definition) is 5. The molecule has 3 aromatic rings. The number of carboxylic acid groups (broad SMARTS) is 1. The van der Waals surface area contributed by atoms with E-state index in [4.69, 9.17) is 21.4 Å². The van der Waals surface area contributed by atoms with E-state index in [-0.39, 0.29) is 17.5 Å². The van der Waals surface area contributed by atoms with Crippen molar-refractivity contribution in [2.24, 2.45) is 0 Å². The molecule has 34 heavy (non-hydrogen) atoms. The number of carbonyl (C=O) groups is 2. The second-order valence-electron chi connectivity index (χ2n) is 7.88. The lowest BCUT2D eigenvalue weighted by atomic mass is 9.98. The molecule has 0 bridgehead atoms. The molecule has 0 saturated heterocycles. The van der Waals surface area contributed by atoms with Gasteiger partial charge in [-0.25, -0.2) is 14.0 Å².